The lowest BCUT2D eigenvalue weighted by molar-refractivity contribution is 0.0957. The minimum absolute atomic E-state index is 0.0802. The lowest BCUT2D eigenvalue weighted by Gasteiger charge is -2.04. The van der Waals surface area contributed by atoms with Crippen LogP contribution in [0.25, 0.3) is 21.8 Å². The van der Waals surface area contributed by atoms with Crippen molar-refractivity contribution >= 4 is 33.9 Å². The van der Waals surface area contributed by atoms with Crippen molar-refractivity contribution < 1.29 is 4.79 Å². The Bertz CT molecular complexity index is 1260. The van der Waals surface area contributed by atoms with Crippen molar-refractivity contribution in [3.05, 3.63) is 82.3 Å². The molecule has 1 amide bonds. The number of aromatic nitrogens is 2. The molecule has 0 saturated carbocycles. The first-order chi connectivity index (χ1) is 13.1. The third-order valence-electron chi connectivity index (χ3n) is 4.71. The Balaban J connectivity index is 1.58. The average molecular weight is 358 g/mol. The quantitative estimate of drug-likeness (QED) is 0.452. The Morgan fingerprint density at radius 1 is 0.963 bits per heavy atom. The Labute approximate surface area is 155 Å². The third-order valence-corrected chi connectivity index (χ3v) is 4.71. The van der Waals surface area contributed by atoms with E-state index in [0.29, 0.717) is 5.56 Å². The van der Waals surface area contributed by atoms with Crippen LogP contribution in [0.5, 0.6) is 0 Å². The molecule has 0 fully saturated rings. The molecule has 0 saturated heterocycles. The van der Waals surface area contributed by atoms with Crippen LogP contribution < -0.4 is 11.1 Å². The van der Waals surface area contributed by atoms with E-state index in [0.717, 1.165) is 27.4 Å². The van der Waals surface area contributed by atoms with Gasteiger partial charge in [-0.25, -0.2) is 10.2 Å². The molecule has 0 aliphatic rings. The summed E-state index contributed by atoms with van der Waals surface area (Å²) in [5.74, 6) is -0.267. The largest absolute Gasteiger partial charge is 0.328 e. The molecule has 3 aromatic carbocycles. The Hall–Kier alpha value is -3.67. The molecule has 4 aromatic rings. The monoisotopic (exact) mass is 358 g/mol. The Kier molecular flexibility index (Phi) is 4.08. The lowest BCUT2D eigenvalue weighted by Crippen LogP contribution is -2.19. The van der Waals surface area contributed by atoms with E-state index in [1.54, 1.807) is 35.5 Å². The van der Waals surface area contributed by atoms with Crippen molar-refractivity contribution in [1.82, 2.24) is 14.6 Å². The maximum absolute atomic E-state index is 12.5. The summed E-state index contributed by atoms with van der Waals surface area (Å²) in [6, 6.07) is 18.9. The van der Waals surface area contributed by atoms with Gasteiger partial charge < -0.3 is 0 Å². The van der Waals surface area contributed by atoms with Gasteiger partial charge in [0.25, 0.3) is 5.91 Å². The highest BCUT2D eigenvalue weighted by molar-refractivity contribution is 6.07. The highest BCUT2D eigenvalue weighted by atomic mass is 16.2. The van der Waals surface area contributed by atoms with Crippen LogP contribution in [0.1, 0.15) is 15.9 Å². The van der Waals surface area contributed by atoms with E-state index in [-0.39, 0.29) is 11.6 Å². The van der Waals surface area contributed by atoms with Gasteiger partial charge in [-0.2, -0.15) is 5.10 Å². The lowest BCUT2D eigenvalue weighted by atomic mass is 10.0. The molecule has 0 aliphatic carbocycles. The van der Waals surface area contributed by atoms with Gasteiger partial charge >= 0.3 is 5.69 Å². The second-order valence-electron chi connectivity index (χ2n) is 6.37. The zero-order valence-electron chi connectivity index (χ0n) is 15.0. The van der Waals surface area contributed by atoms with Crippen LogP contribution in [-0.2, 0) is 14.1 Å². The zero-order valence-corrected chi connectivity index (χ0v) is 15.0. The van der Waals surface area contributed by atoms with Gasteiger partial charge in [-0.3, -0.25) is 13.9 Å². The fourth-order valence-corrected chi connectivity index (χ4v) is 3.25. The number of imidazole rings is 1. The molecule has 0 radical (unpaired) electrons. The number of carbonyl (C=O) groups excluding carboxylic acids is 1. The van der Waals surface area contributed by atoms with Crippen LogP contribution in [0.2, 0.25) is 0 Å². The van der Waals surface area contributed by atoms with E-state index in [2.05, 4.69) is 10.5 Å². The fourth-order valence-electron chi connectivity index (χ4n) is 3.25. The van der Waals surface area contributed by atoms with Crippen molar-refractivity contribution in [1.29, 1.82) is 0 Å². The van der Waals surface area contributed by atoms with Crippen LogP contribution in [0, 0.1) is 0 Å². The standard InChI is InChI=1S/C21H18N4O2/c1-24-18-11-10-14(12-19(18)25(2)21(24)27)13-22-23-20(26)17-9-5-7-15-6-3-4-8-16(15)17/h3-13H,1-2H3,(H,23,26)/b22-13-. The van der Waals surface area contributed by atoms with Gasteiger partial charge in [-0.1, -0.05) is 42.5 Å². The summed E-state index contributed by atoms with van der Waals surface area (Å²) in [7, 11) is 3.47. The number of hydrogen-bond donors (Lipinski definition) is 1. The van der Waals surface area contributed by atoms with Crippen molar-refractivity contribution in [2.24, 2.45) is 19.2 Å². The summed E-state index contributed by atoms with van der Waals surface area (Å²) in [4.78, 5) is 24.5. The molecule has 0 bridgehead atoms. The number of fused-ring (bicyclic) bond motifs is 2. The number of nitrogens with one attached hydrogen (secondary N) is 1. The number of amides is 1. The first kappa shape index (κ1) is 16.8. The minimum atomic E-state index is -0.267. The molecule has 0 spiro atoms. The molecule has 1 heterocycles. The predicted octanol–water partition coefficient (Wildman–Crippen LogP) is 2.79. The van der Waals surface area contributed by atoms with E-state index >= 15 is 0 Å². The molecule has 4 rings (SSSR count). The molecule has 0 aliphatic heterocycles. The van der Waals surface area contributed by atoms with Gasteiger partial charge in [0.1, 0.15) is 0 Å². The summed E-state index contributed by atoms with van der Waals surface area (Å²) in [6.07, 6.45) is 1.57. The second-order valence-corrected chi connectivity index (χ2v) is 6.37. The normalized spacial score (nSPS) is 11.5. The highest BCUT2D eigenvalue weighted by Gasteiger charge is 2.09. The summed E-state index contributed by atoms with van der Waals surface area (Å²) in [5, 5.41) is 5.96. The van der Waals surface area contributed by atoms with Crippen LogP contribution in [-0.4, -0.2) is 21.3 Å². The third kappa shape index (κ3) is 2.91. The van der Waals surface area contributed by atoms with E-state index in [4.69, 9.17) is 0 Å². The van der Waals surface area contributed by atoms with E-state index in [9.17, 15) is 9.59 Å². The molecule has 1 N–H and O–H groups in total. The van der Waals surface area contributed by atoms with Crippen LogP contribution >= 0.6 is 0 Å². The number of nitrogens with zero attached hydrogens (tertiary/aromatic N) is 3. The summed E-state index contributed by atoms with van der Waals surface area (Å²) < 4.78 is 3.18. The summed E-state index contributed by atoms with van der Waals surface area (Å²) in [5.41, 5.74) is 5.52. The molecule has 1 aromatic heterocycles. The number of carbonyl (C=O) groups is 1. The number of hydrogen-bond acceptors (Lipinski definition) is 3. The SMILES string of the molecule is Cn1c(=O)n(C)c2cc(/C=N\NC(=O)c3cccc4ccccc34)ccc21. The highest BCUT2D eigenvalue weighted by Crippen LogP contribution is 2.18. The van der Waals surface area contributed by atoms with E-state index in [1.807, 2.05) is 54.6 Å². The Morgan fingerprint density at radius 3 is 2.56 bits per heavy atom. The van der Waals surface area contributed by atoms with Crippen LogP contribution in [0.15, 0.2) is 70.6 Å². The van der Waals surface area contributed by atoms with Gasteiger partial charge in [0.15, 0.2) is 0 Å². The van der Waals surface area contributed by atoms with Crippen molar-refractivity contribution in [3.8, 4) is 0 Å². The van der Waals surface area contributed by atoms with Crippen molar-refractivity contribution in [3.63, 3.8) is 0 Å². The van der Waals surface area contributed by atoms with Crippen molar-refractivity contribution in [2.75, 3.05) is 0 Å². The molecule has 27 heavy (non-hydrogen) atoms. The van der Waals surface area contributed by atoms with Gasteiger partial charge in [-0.15, -0.1) is 0 Å². The van der Waals surface area contributed by atoms with E-state index < -0.39 is 0 Å². The number of rotatable bonds is 3. The topological polar surface area (TPSA) is 68.4 Å². The molecule has 6 heteroatoms. The maximum Gasteiger partial charge on any atom is 0.328 e. The minimum Gasteiger partial charge on any atom is -0.295 e. The van der Waals surface area contributed by atoms with Crippen LogP contribution in [0.4, 0.5) is 0 Å². The zero-order chi connectivity index (χ0) is 19.0. The summed E-state index contributed by atoms with van der Waals surface area (Å²) >= 11 is 0. The van der Waals surface area contributed by atoms with Gasteiger partial charge in [0.2, 0.25) is 0 Å². The van der Waals surface area contributed by atoms with Crippen molar-refractivity contribution in [2.45, 2.75) is 0 Å². The average Bonchev–Trinajstić information content (AvgIpc) is 2.91. The van der Waals surface area contributed by atoms with Gasteiger partial charge in [0.05, 0.1) is 17.2 Å². The van der Waals surface area contributed by atoms with Gasteiger partial charge in [0, 0.05) is 19.7 Å². The smallest absolute Gasteiger partial charge is 0.295 e. The molecular formula is C21H18N4O2. The molecular weight excluding hydrogens is 340 g/mol. The molecule has 6 nitrogen and oxygen atoms in total. The number of benzene rings is 3. The molecule has 0 atom stereocenters. The van der Waals surface area contributed by atoms with E-state index in [1.165, 1.54) is 0 Å². The first-order valence-electron chi connectivity index (χ1n) is 8.53. The van der Waals surface area contributed by atoms with Crippen LogP contribution in [0.3, 0.4) is 0 Å². The number of aryl methyl sites for hydroxylation is 2. The number of hydrazone groups is 1. The maximum atomic E-state index is 12.5. The Morgan fingerprint density at radius 2 is 1.70 bits per heavy atom. The fraction of sp³-hybridized carbons (Fsp3) is 0.0952. The van der Waals surface area contributed by atoms with Gasteiger partial charge in [-0.05, 0) is 34.5 Å². The predicted molar refractivity (Wildman–Crippen MR) is 107 cm³/mol. The molecule has 134 valence electrons. The first-order valence-corrected chi connectivity index (χ1v) is 8.53. The second kappa shape index (κ2) is 6.57. The molecule has 0 unspecified atom stereocenters. The summed E-state index contributed by atoms with van der Waals surface area (Å²) in [6.45, 7) is 0.